The smallest absolute Gasteiger partial charge is 0.231 e. The van der Waals surface area contributed by atoms with Crippen molar-refractivity contribution in [3.8, 4) is 0 Å². The fourth-order valence-corrected chi connectivity index (χ4v) is 4.30. The average Bonchev–Trinajstić information content (AvgIpc) is 2.66. The van der Waals surface area contributed by atoms with Crippen molar-refractivity contribution in [3.05, 3.63) is 0 Å². The molecule has 2 heterocycles. The summed E-state index contributed by atoms with van der Waals surface area (Å²) in [6.07, 6.45) is 9.06. The van der Waals surface area contributed by atoms with Crippen molar-refractivity contribution in [3.63, 3.8) is 0 Å². The zero-order valence-electron chi connectivity index (χ0n) is 12.5. The maximum absolute atomic E-state index is 13.1. The van der Waals surface area contributed by atoms with E-state index in [1.54, 1.807) is 0 Å². The van der Waals surface area contributed by atoms with Crippen LogP contribution in [0.15, 0.2) is 0 Å². The van der Waals surface area contributed by atoms with Crippen LogP contribution in [-0.4, -0.2) is 47.7 Å². The number of nitrogens with zero attached hydrogens (tertiary/aromatic N) is 1. The van der Waals surface area contributed by atoms with Gasteiger partial charge in [-0.05, 0) is 51.6 Å². The largest absolute Gasteiger partial charge is 0.389 e. The molecule has 0 radical (unpaired) electrons. The summed E-state index contributed by atoms with van der Waals surface area (Å²) in [6.45, 7) is 3.47. The van der Waals surface area contributed by atoms with E-state index >= 15 is 0 Å². The van der Waals surface area contributed by atoms with Crippen molar-refractivity contribution in [2.75, 3.05) is 26.2 Å². The molecule has 4 nitrogen and oxygen atoms in total. The van der Waals surface area contributed by atoms with Crippen LogP contribution in [-0.2, 0) is 4.79 Å². The summed E-state index contributed by atoms with van der Waals surface area (Å²) in [4.78, 5) is 15.2. The van der Waals surface area contributed by atoms with Gasteiger partial charge in [-0.1, -0.05) is 19.3 Å². The van der Waals surface area contributed by atoms with Crippen molar-refractivity contribution in [2.24, 2.45) is 5.41 Å². The van der Waals surface area contributed by atoms with E-state index in [1.165, 1.54) is 12.8 Å². The van der Waals surface area contributed by atoms with Crippen LogP contribution in [0, 0.1) is 5.41 Å². The topological polar surface area (TPSA) is 52.6 Å². The predicted octanol–water partition coefficient (Wildman–Crippen LogP) is 1.67. The molecule has 0 bridgehead atoms. The van der Waals surface area contributed by atoms with Crippen LogP contribution < -0.4 is 5.32 Å². The minimum Gasteiger partial charge on any atom is -0.389 e. The zero-order chi connectivity index (χ0) is 14.1. The molecule has 4 heteroatoms. The summed E-state index contributed by atoms with van der Waals surface area (Å²) < 4.78 is 0. The number of carbonyl (C=O) groups is 1. The maximum atomic E-state index is 13.1. The number of carbonyl (C=O) groups excluding carboxylic acids is 1. The van der Waals surface area contributed by atoms with E-state index in [4.69, 9.17) is 0 Å². The number of rotatable bonds is 2. The molecule has 0 aromatic heterocycles. The number of aliphatic hydroxyl groups is 1. The van der Waals surface area contributed by atoms with Crippen LogP contribution in [0.25, 0.3) is 0 Å². The Morgan fingerprint density at radius 1 is 0.900 bits per heavy atom. The van der Waals surface area contributed by atoms with Crippen LogP contribution in [0.4, 0.5) is 0 Å². The fraction of sp³-hybridized carbons (Fsp3) is 0.938. The summed E-state index contributed by atoms with van der Waals surface area (Å²) in [5.74, 6) is 0.259. The van der Waals surface area contributed by atoms with Crippen molar-refractivity contribution in [1.82, 2.24) is 10.2 Å². The summed E-state index contributed by atoms with van der Waals surface area (Å²) >= 11 is 0. The Balaban J connectivity index is 1.78. The summed E-state index contributed by atoms with van der Waals surface area (Å²) in [6, 6.07) is 0. The zero-order valence-corrected chi connectivity index (χ0v) is 12.5. The van der Waals surface area contributed by atoms with E-state index in [1.807, 2.05) is 0 Å². The molecule has 1 aliphatic carbocycles. The Morgan fingerprint density at radius 2 is 1.50 bits per heavy atom. The Bertz CT molecular complexity index is 351. The number of piperidine rings is 1. The highest BCUT2D eigenvalue weighted by molar-refractivity contribution is 5.85. The predicted molar refractivity (Wildman–Crippen MR) is 78.4 cm³/mol. The van der Waals surface area contributed by atoms with Gasteiger partial charge in [-0.3, -0.25) is 4.79 Å². The molecular weight excluding hydrogens is 252 g/mol. The monoisotopic (exact) mass is 280 g/mol. The molecule has 20 heavy (non-hydrogen) atoms. The molecule has 0 unspecified atom stereocenters. The molecule has 3 aliphatic rings. The van der Waals surface area contributed by atoms with Crippen molar-refractivity contribution >= 4 is 5.91 Å². The van der Waals surface area contributed by atoms with Crippen molar-refractivity contribution < 1.29 is 9.90 Å². The third-order valence-electron chi connectivity index (χ3n) is 5.83. The van der Waals surface area contributed by atoms with E-state index in [0.717, 1.165) is 71.1 Å². The molecule has 2 N–H and O–H groups in total. The second-order valence-corrected chi connectivity index (χ2v) is 6.92. The molecule has 3 fully saturated rings. The van der Waals surface area contributed by atoms with Crippen LogP contribution in [0.2, 0.25) is 0 Å². The van der Waals surface area contributed by atoms with Crippen LogP contribution in [0.1, 0.15) is 57.8 Å². The van der Waals surface area contributed by atoms with Gasteiger partial charge in [0, 0.05) is 13.1 Å². The van der Waals surface area contributed by atoms with E-state index in [0.29, 0.717) is 0 Å². The lowest BCUT2D eigenvalue weighted by Gasteiger charge is -2.54. The van der Waals surface area contributed by atoms with E-state index in [-0.39, 0.29) is 5.91 Å². The van der Waals surface area contributed by atoms with Gasteiger partial charge in [0.15, 0.2) is 0 Å². The van der Waals surface area contributed by atoms with Gasteiger partial charge >= 0.3 is 0 Å². The normalized spacial score (nSPS) is 29.4. The van der Waals surface area contributed by atoms with E-state index in [2.05, 4.69) is 10.2 Å². The Labute approximate surface area is 121 Å². The quantitative estimate of drug-likeness (QED) is 0.809. The van der Waals surface area contributed by atoms with Crippen molar-refractivity contribution in [2.45, 2.75) is 63.4 Å². The molecule has 0 aromatic carbocycles. The first kappa shape index (κ1) is 14.3. The Kier molecular flexibility index (Phi) is 4.04. The lowest BCUT2D eigenvalue weighted by atomic mass is 9.55. The number of hydrogen-bond donors (Lipinski definition) is 2. The number of hydrogen-bond acceptors (Lipinski definition) is 3. The minimum absolute atomic E-state index is 0.259. The van der Waals surface area contributed by atoms with Gasteiger partial charge in [-0.15, -0.1) is 0 Å². The lowest BCUT2D eigenvalue weighted by molar-refractivity contribution is -0.183. The third-order valence-corrected chi connectivity index (χ3v) is 5.83. The van der Waals surface area contributed by atoms with Crippen LogP contribution in [0.3, 0.4) is 0 Å². The first-order valence-electron chi connectivity index (χ1n) is 8.41. The minimum atomic E-state index is -0.764. The SMILES string of the molecule is O=C(N1CCCCCC1)C1(C2(O)CCNCC2)CCC1. The molecule has 2 aliphatic heterocycles. The van der Waals surface area contributed by atoms with Gasteiger partial charge in [-0.25, -0.2) is 0 Å². The van der Waals surface area contributed by atoms with Gasteiger partial charge in [0.25, 0.3) is 0 Å². The second-order valence-electron chi connectivity index (χ2n) is 6.92. The van der Waals surface area contributed by atoms with Crippen LogP contribution in [0.5, 0.6) is 0 Å². The van der Waals surface area contributed by atoms with E-state index < -0.39 is 11.0 Å². The van der Waals surface area contributed by atoms with Crippen molar-refractivity contribution in [1.29, 1.82) is 0 Å². The molecular formula is C16H28N2O2. The average molecular weight is 280 g/mol. The maximum Gasteiger partial charge on any atom is 0.231 e. The Morgan fingerprint density at radius 3 is 2.00 bits per heavy atom. The highest BCUT2D eigenvalue weighted by Gasteiger charge is 2.59. The van der Waals surface area contributed by atoms with Gasteiger partial charge in [-0.2, -0.15) is 0 Å². The standard InChI is InChI=1S/C16H28N2O2/c19-14(18-12-3-1-2-4-13-18)15(6-5-7-15)16(20)8-10-17-11-9-16/h17,20H,1-13H2. The number of nitrogens with one attached hydrogen (secondary N) is 1. The Hall–Kier alpha value is -0.610. The molecule has 114 valence electrons. The number of amides is 1. The highest BCUT2D eigenvalue weighted by Crippen LogP contribution is 2.54. The van der Waals surface area contributed by atoms with Gasteiger partial charge in [0.05, 0.1) is 11.0 Å². The van der Waals surface area contributed by atoms with Crippen LogP contribution >= 0.6 is 0 Å². The molecule has 1 amide bonds. The summed E-state index contributed by atoms with van der Waals surface area (Å²) in [5.41, 5.74) is -1.22. The lowest BCUT2D eigenvalue weighted by Crippen LogP contribution is -2.64. The van der Waals surface area contributed by atoms with E-state index in [9.17, 15) is 9.90 Å². The van der Waals surface area contributed by atoms with Gasteiger partial charge in [0.2, 0.25) is 5.91 Å². The first-order chi connectivity index (χ1) is 9.68. The van der Waals surface area contributed by atoms with Gasteiger partial charge in [0.1, 0.15) is 0 Å². The molecule has 3 rings (SSSR count). The highest BCUT2D eigenvalue weighted by atomic mass is 16.3. The molecule has 2 saturated heterocycles. The molecule has 1 saturated carbocycles. The second kappa shape index (κ2) is 5.64. The fourth-order valence-electron chi connectivity index (χ4n) is 4.30. The summed E-state index contributed by atoms with van der Waals surface area (Å²) in [5, 5.41) is 14.4. The third kappa shape index (κ3) is 2.27. The summed E-state index contributed by atoms with van der Waals surface area (Å²) in [7, 11) is 0. The molecule has 0 atom stereocenters. The first-order valence-corrected chi connectivity index (χ1v) is 8.41. The van der Waals surface area contributed by atoms with Gasteiger partial charge < -0.3 is 15.3 Å². The molecule has 0 spiro atoms. The number of likely N-dealkylation sites (tertiary alicyclic amines) is 1. The molecule has 0 aromatic rings.